The summed E-state index contributed by atoms with van der Waals surface area (Å²) in [6.07, 6.45) is 7.10. The van der Waals surface area contributed by atoms with E-state index in [9.17, 15) is 9.59 Å². The van der Waals surface area contributed by atoms with Crippen LogP contribution in [-0.2, 0) is 24.1 Å². The number of nitrogens with one attached hydrogen (secondary N) is 1. The molecule has 5 rings (SSSR count). The Labute approximate surface area is 197 Å². The van der Waals surface area contributed by atoms with Gasteiger partial charge in [0, 0.05) is 16.6 Å². The van der Waals surface area contributed by atoms with Gasteiger partial charge in [0.1, 0.15) is 10.9 Å². The van der Waals surface area contributed by atoms with Crippen molar-refractivity contribution in [2.75, 3.05) is 5.32 Å². The van der Waals surface area contributed by atoms with E-state index in [2.05, 4.69) is 35.4 Å². The maximum atomic E-state index is 13.5. The molecular formula is C27H27N3O2S. The van der Waals surface area contributed by atoms with E-state index in [0.717, 1.165) is 36.1 Å². The van der Waals surface area contributed by atoms with Gasteiger partial charge in [-0.25, -0.2) is 4.98 Å². The fraction of sp³-hybridized carbons (Fsp3) is 0.296. The van der Waals surface area contributed by atoms with Crippen LogP contribution < -0.4 is 10.9 Å². The van der Waals surface area contributed by atoms with Crippen LogP contribution in [0.5, 0.6) is 0 Å². The lowest BCUT2D eigenvalue weighted by Crippen LogP contribution is -2.31. The Balaban J connectivity index is 1.47. The van der Waals surface area contributed by atoms with Gasteiger partial charge in [-0.05, 0) is 73.4 Å². The number of carbonyl (C=O) groups is 1. The molecule has 1 atom stereocenters. The summed E-state index contributed by atoms with van der Waals surface area (Å²) in [5.41, 5.74) is 6.49. The smallest absolute Gasteiger partial charge is 0.263 e. The van der Waals surface area contributed by atoms with Gasteiger partial charge in [-0.15, -0.1) is 11.3 Å². The number of carbonyl (C=O) groups excluding carboxylic acids is 1. The number of thiophene rings is 1. The second kappa shape index (κ2) is 8.94. The van der Waals surface area contributed by atoms with E-state index in [0.29, 0.717) is 10.2 Å². The van der Waals surface area contributed by atoms with Crippen LogP contribution in [0.25, 0.3) is 21.3 Å². The quantitative estimate of drug-likeness (QED) is 0.414. The number of aryl methyl sites for hydroxylation is 3. The number of amides is 1. The summed E-state index contributed by atoms with van der Waals surface area (Å²) >= 11 is 1.47. The molecular weight excluding hydrogens is 430 g/mol. The van der Waals surface area contributed by atoms with E-state index >= 15 is 0 Å². The molecule has 1 amide bonds. The SMILES string of the molecule is CCc1ccc(NC(=O)C(C)n2cnc3scc(-c4ccc5c(c4)CCCC5)c3c2=O)cc1. The molecule has 33 heavy (non-hydrogen) atoms. The summed E-state index contributed by atoms with van der Waals surface area (Å²) in [5, 5.41) is 5.51. The van der Waals surface area contributed by atoms with Gasteiger partial charge in [0.15, 0.2) is 0 Å². The fourth-order valence-electron chi connectivity index (χ4n) is 4.53. The molecule has 0 saturated carbocycles. The van der Waals surface area contributed by atoms with Gasteiger partial charge in [-0.1, -0.05) is 37.3 Å². The minimum atomic E-state index is -0.684. The average molecular weight is 458 g/mol. The van der Waals surface area contributed by atoms with Crippen molar-refractivity contribution in [3.8, 4) is 11.1 Å². The number of nitrogens with zero attached hydrogens (tertiary/aromatic N) is 2. The average Bonchev–Trinajstić information content (AvgIpc) is 3.29. The lowest BCUT2D eigenvalue weighted by atomic mass is 9.89. The van der Waals surface area contributed by atoms with E-state index in [1.165, 1.54) is 51.8 Å². The standard InChI is InChI=1S/C27H27N3O2S/c1-3-18-8-12-22(13-9-18)29-25(31)17(2)30-16-28-26-24(27(30)32)23(15-33-26)21-11-10-19-6-4-5-7-20(19)14-21/h8-17H,3-7H2,1-2H3,(H,29,31). The highest BCUT2D eigenvalue weighted by atomic mass is 32.1. The molecule has 1 aliphatic rings. The highest BCUT2D eigenvalue weighted by Crippen LogP contribution is 2.33. The van der Waals surface area contributed by atoms with Crippen molar-refractivity contribution < 1.29 is 4.79 Å². The zero-order valence-corrected chi connectivity index (χ0v) is 19.7. The zero-order valence-electron chi connectivity index (χ0n) is 18.9. The van der Waals surface area contributed by atoms with Crippen LogP contribution in [0, 0.1) is 0 Å². The molecule has 2 aromatic heterocycles. The summed E-state index contributed by atoms with van der Waals surface area (Å²) in [4.78, 5) is 31.6. The van der Waals surface area contributed by atoms with Crippen molar-refractivity contribution in [1.82, 2.24) is 9.55 Å². The summed E-state index contributed by atoms with van der Waals surface area (Å²) in [5.74, 6) is -0.243. The molecule has 1 N–H and O–H groups in total. The number of anilines is 1. The van der Waals surface area contributed by atoms with Gasteiger partial charge < -0.3 is 5.32 Å². The molecule has 5 nitrogen and oxygen atoms in total. The third-order valence-corrected chi connectivity index (χ3v) is 7.49. The summed E-state index contributed by atoms with van der Waals surface area (Å²) in [7, 11) is 0. The third-order valence-electron chi connectivity index (χ3n) is 6.61. The highest BCUT2D eigenvalue weighted by Gasteiger charge is 2.21. The normalized spacial score (nSPS) is 14.1. The first-order valence-electron chi connectivity index (χ1n) is 11.6. The molecule has 2 aromatic carbocycles. The molecule has 0 saturated heterocycles. The monoisotopic (exact) mass is 457 g/mol. The summed E-state index contributed by atoms with van der Waals surface area (Å²) < 4.78 is 1.44. The van der Waals surface area contributed by atoms with Crippen molar-refractivity contribution in [3.05, 3.63) is 81.2 Å². The number of benzene rings is 2. The minimum Gasteiger partial charge on any atom is -0.324 e. The van der Waals surface area contributed by atoms with Crippen LogP contribution >= 0.6 is 11.3 Å². The van der Waals surface area contributed by atoms with Gasteiger partial charge in [0.05, 0.1) is 11.7 Å². The maximum Gasteiger partial charge on any atom is 0.263 e. The van der Waals surface area contributed by atoms with Crippen LogP contribution in [0.15, 0.2) is 59.0 Å². The van der Waals surface area contributed by atoms with Crippen LogP contribution in [0.4, 0.5) is 5.69 Å². The Morgan fingerprint density at radius 2 is 1.88 bits per heavy atom. The van der Waals surface area contributed by atoms with Crippen LogP contribution in [-0.4, -0.2) is 15.5 Å². The van der Waals surface area contributed by atoms with E-state index in [1.54, 1.807) is 6.92 Å². The van der Waals surface area contributed by atoms with Gasteiger partial charge in [0.25, 0.3) is 5.56 Å². The number of fused-ring (bicyclic) bond motifs is 2. The van der Waals surface area contributed by atoms with Gasteiger partial charge >= 0.3 is 0 Å². The van der Waals surface area contributed by atoms with E-state index in [1.807, 2.05) is 29.6 Å². The molecule has 0 spiro atoms. The lowest BCUT2D eigenvalue weighted by molar-refractivity contribution is -0.118. The molecule has 0 radical (unpaired) electrons. The number of aromatic nitrogens is 2. The Bertz CT molecular complexity index is 1390. The lowest BCUT2D eigenvalue weighted by Gasteiger charge is -2.17. The van der Waals surface area contributed by atoms with Crippen LogP contribution in [0.3, 0.4) is 0 Å². The van der Waals surface area contributed by atoms with Crippen molar-refractivity contribution >= 4 is 33.1 Å². The van der Waals surface area contributed by atoms with Crippen molar-refractivity contribution in [3.63, 3.8) is 0 Å². The molecule has 0 bridgehead atoms. The topological polar surface area (TPSA) is 64.0 Å². The van der Waals surface area contributed by atoms with Crippen molar-refractivity contribution in [1.29, 1.82) is 0 Å². The molecule has 6 heteroatoms. The zero-order chi connectivity index (χ0) is 22.9. The minimum absolute atomic E-state index is 0.182. The number of hydrogen-bond acceptors (Lipinski definition) is 4. The van der Waals surface area contributed by atoms with Crippen molar-refractivity contribution in [2.45, 2.75) is 52.0 Å². The molecule has 1 unspecified atom stereocenters. The first-order valence-corrected chi connectivity index (χ1v) is 12.4. The molecule has 4 aromatic rings. The fourth-order valence-corrected chi connectivity index (χ4v) is 5.44. The third kappa shape index (κ3) is 4.11. The Morgan fingerprint density at radius 3 is 2.64 bits per heavy atom. The molecule has 2 heterocycles. The highest BCUT2D eigenvalue weighted by molar-refractivity contribution is 7.17. The number of hydrogen-bond donors (Lipinski definition) is 1. The summed E-state index contributed by atoms with van der Waals surface area (Å²) in [6, 6.07) is 13.6. The maximum absolute atomic E-state index is 13.5. The largest absolute Gasteiger partial charge is 0.324 e. The van der Waals surface area contributed by atoms with E-state index in [-0.39, 0.29) is 11.5 Å². The second-order valence-corrected chi connectivity index (χ2v) is 9.55. The molecule has 0 aliphatic heterocycles. The first-order chi connectivity index (χ1) is 16.0. The van der Waals surface area contributed by atoms with E-state index < -0.39 is 6.04 Å². The number of rotatable bonds is 5. The second-order valence-electron chi connectivity index (χ2n) is 8.69. The van der Waals surface area contributed by atoms with Crippen LogP contribution in [0.1, 0.15) is 49.4 Å². The Morgan fingerprint density at radius 1 is 1.12 bits per heavy atom. The molecule has 1 aliphatic carbocycles. The first kappa shape index (κ1) is 21.6. The predicted octanol–water partition coefficient (Wildman–Crippen LogP) is 5.77. The van der Waals surface area contributed by atoms with Crippen LogP contribution in [0.2, 0.25) is 0 Å². The Hall–Kier alpha value is -3.25. The van der Waals surface area contributed by atoms with Gasteiger partial charge in [-0.2, -0.15) is 0 Å². The Kier molecular flexibility index (Phi) is 5.85. The summed E-state index contributed by atoms with van der Waals surface area (Å²) in [6.45, 7) is 3.82. The molecule has 0 fully saturated rings. The molecule has 168 valence electrons. The van der Waals surface area contributed by atoms with E-state index in [4.69, 9.17) is 0 Å². The predicted molar refractivity (Wildman–Crippen MR) is 135 cm³/mol. The van der Waals surface area contributed by atoms with Gasteiger partial charge in [0.2, 0.25) is 5.91 Å². The van der Waals surface area contributed by atoms with Crippen molar-refractivity contribution in [2.24, 2.45) is 0 Å². The van der Waals surface area contributed by atoms with Gasteiger partial charge in [-0.3, -0.25) is 14.2 Å².